The minimum Gasteiger partial charge on any atom is -0.379 e. The van der Waals surface area contributed by atoms with Gasteiger partial charge in [-0.2, -0.15) is 18.3 Å². The molecule has 2 N–H and O–H groups in total. The predicted molar refractivity (Wildman–Crippen MR) is 69.6 cm³/mol. The highest BCUT2D eigenvalue weighted by molar-refractivity contribution is 6.31. The van der Waals surface area contributed by atoms with Gasteiger partial charge in [0.15, 0.2) is 0 Å². The van der Waals surface area contributed by atoms with Crippen molar-refractivity contribution >= 4 is 29.7 Å². The fraction of sp³-hybridized carbons (Fsp3) is 0.182. The van der Waals surface area contributed by atoms with Crippen LogP contribution in [0.1, 0.15) is 11.4 Å². The molecule has 3 nitrogen and oxygen atoms in total. The van der Waals surface area contributed by atoms with Gasteiger partial charge in [-0.1, -0.05) is 11.6 Å². The summed E-state index contributed by atoms with van der Waals surface area (Å²) < 4.78 is 49.8. The average Bonchev–Trinajstić information content (AvgIpc) is 2.79. The van der Waals surface area contributed by atoms with Gasteiger partial charge in [0, 0.05) is 5.69 Å². The molecule has 0 aliphatic heterocycles. The summed E-state index contributed by atoms with van der Waals surface area (Å²) in [6.07, 6.45) is -4.45. The molecule has 9 heteroatoms. The van der Waals surface area contributed by atoms with Crippen molar-refractivity contribution in [3.05, 3.63) is 46.5 Å². The zero-order chi connectivity index (χ0) is 14.0. The average molecular weight is 330 g/mol. The summed E-state index contributed by atoms with van der Waals surface area (Å²) in [6, 6.07) is 4.83. The van der Waals surface area contributed by atoms with E-state index in [9.17, 15) is 17.6 Å². The molecule has 0 saturated carbocycles. The zero-order valence-electron chi connectivity index (χ0n) is 9.76. The Hall–Kier alpha value is -1.47. The van der Waals surface area contributed by atoms with Gasteiger partial charge in [0.2, 0.25) is 0 Å². The number of rotatable bonds is 3. The van der Waals surface area contributed by atoms with Crippen molar-refractivity contribution in [1.29, 1.82) is 0 Å². The zero-order valence-corrected chi connectivity index (χ0v) is 11.3. The molecule has 1 heterocycles. The van der Waals surface area contributed by atoms with Gasteiger partial charge in [-0.3, -0.25) is 5.10 Å². The van der Waals surface area contributed by atoms with Crippen molar-refractivity contribution in [2.45, 2.75) is 12.7 Å². The topological polar surface area (TPSA) is 40.7 Å². The fourth-order valence-corrected chi connectivity index (χ4v) is 1.58. The summed E-state index contributed by atoms with van der Waals surface area (Å²) in [5.41, 5.74) is -0.239. The molecule has 110 valence electrons. The molecule has 0 aliphatic carbocycles. The van der Waals surface area contributed by atoms with Gasteiger partial charge in [0.1, 0.15) is 11.5 Å². The van der Waals surface area contributed by atoms with E-state index in [1.165, 1.54) is 12.1 Å². The van der Waals surface area contributed by atoms with E-state index in [-0.39, 0.29) is 29.7 Å². The quantitative estimate of drug-likeness (QED) is 0.826. The molecule has 2 rings (SSSR count). The van der Waals surface area contributed by atoms with Crippen LogP contribution in [0, 0.1) is 5.82 Å². The summed E-state index contributed by atoms with van der Waals surface area (Å²) in [4.78, 5) is 0. The van der Waals surface area contributed by atoms with Crippen LogP contribution in [0.2, 0.25) is 5.02 Å². The molecule has 0 spiro atoms. The van der Waals surface area contributed by atoms with Gasteiger partial charge in [-0.05, 0) is 24.3 Å². The Kier molecular flexibility index (Phi) is 5.24. The van der Waals surface area contributed by atoms with Gasteiger partial charge >= 0.3 is 6.18 Å². The summed E-state index contributed by atoms with van der Waals surface area (Å²) in [5, 5.41) is 8.15. The maximum Gasteiger partial charge on any atom is 0.432 e. The van der Waals surface area contributed by atoms with Crippen molar-refractivity contribution in [3.63, 3.8) is 0 Å². The Balaban J connectivity index is 0.00000200. The molecule has 0 atom stereocenters. The number of aromatic nitrogens is 2. The first kappa shape index (κ1) is 16.6. The fourth-order valence-electron chi connectivity index (χ4n) is 1.40. The van der Waals surface area contributed by atoms with E-state index in [2.05, 4.69) is 10.4 Å². The second kappa shape index (κ2) is 6.32. The number of H-pyrrole nitrogens is 1. The Bertz CT molecular complexity index is 583. The lowest BCUT2D eigenvalue weighted by Gasteiger charge is -2.05. The van der Waals surface area contributed by atoms with E-state index in [1.807, 2.05) is 5.10 Å². The van der Waals surface area contributed by atoms with Gasteiger partial charge < -0.3 is 5.32 Å². The smallest absolute Gasteiger partial charge is 0.379 e. The van der Waals surface area contributed by atoms with E-state index in [0.29, 0.717) is 5.69 Å². The number of hydrogen-bond donors (Lipinski definition) is 2. The van der Waals surface area contributed by atoms with Crippen LogP contribution in [0.3, 0.4) is 0 Å². The van der Waals surface area contributed by atoms with Gasteiger partial charge in [-0.25, -0.2) is 4.39 Å². The molecule has 0 bridgehead atoms. The Labute approximate surface area is 122 Å². The number of aromatic amines is 1. The van der Waals surface area contributed by atoms with Crippen LogP contribution in [0.5, 0.6) is 0 Å². The lowest BCUT2D eigenvalue weighted by Crippen LogP contribution is -2.04. The van der Waals surface area contributed by atoms with E-state index in [4.69, 9.17) is 11.6 Å². The molecule has 1 aromatic carbocycles. The second-order valence-corrected chi connectivity index (χ2v) is 4.16. The Morgan fingerprint density at radius 2 is 1.95 bits per heavy atom. The number of nitrogens with zero attached hydrogens (tertiary/aromatic N) is 1. The lowest BCUT2D eigenvalue weighted by atomic mass is 10.3. The van der Waals surface area contributed by atoms with Gasteiger partial charge in [0.25, 0.3) is 0 Å². The van der Waals surface area contributed by atoms with Crippen LogP contribution >= 0.6 is 24.0 Å². The number of hydrogen-bond acceptors (Lipinski definition) is 2. The monoisotopic (exact) mass is 329 g/mol. The highest BCUT2D eigenvalue weighted by Crippen LogP contribution is 2.28. The molecule has 2 aromatic rings. The summed E-state index contributed by atoms with van der Waals surface area (Å²) in [5.74, 6) is -0.564. The van der Waals surface area contributed by atoms with Crippen molar-refractivity contribution in [3.8, 4) is 0 Å². The van der Waals surface area contributed by atoms with Crippen LogP contribution in [-0.2, 0) is 12.7 Å². The van der Waals surface area contributed by atoms with E-state index < -0.39 is 17.7 Å². The molecule has 1 aromatic heterocycles. The van der Waals surface area contributed by atoms with E-state index in [0.717, 1.165) is 12.1 Å². The Morgan fingerprint density at radius 1 is 1.25 bits per heavy atom. The molecule has 0 aliphatic rings. The minimum atomic E-state index is -4.45. The first-order valence-corrected chi connectivity index (χ1v) is 5.54. The van der Waals surface area contributed by atoms with Crippen molar-refractivity contribution in [2.24, 2.45) is 0 Å². The first-order chi connectivity index (χ1) is 8.86. The molecular formula is C11H9Cl2F4N3. The first-order valence-electron chi connectivity index (χ1n) is 5.16. The van der Waals surface area contributed by atoms with E-state index in [1.54, 1.807) is 0 Å². The largest absolute Gasteiger partial charge is 0.432 e. The van der Waals surface area contributed by atoms with Crippen molar-refractivity contribution < 1.29 is 17.6 Å². The molecule has 0 radical (unpaired) electrons. The maximum absolute atomic E-state index is 12.9. The highest BCUT2D eigenvalue weighted by atomic mass is 35.5. The highest BCUT2D eigenvalue weighted by Gasteiger charge is 2.32. The Morgan fingerprint density at radius 3 is 2.50 bits per heavy atom. The second-order valence-electron chi connectivity index (χ2n) is 3.75. The number of anilines is 1. The molecule has 0 saturated heterocycles. The van der Waals surface area contributed by atoms with Gasteiger partial charge in [-0.15, -0.1) is 12.4 Å². The SMILES string of the molecule is Cl.Fc1ccc(NCc2cc(C(F)(F)F)[nH]n2)cc1Cl. The van der Waals surface area contributed by atoms with Crippen LogP contribution in [0.15, 0.2) is 24.3 Å². The third-order valence-corrected chi connectivity index (χ3v) is 2.62. The normalized spacial score (nSPS) is 11.1. The predicted octanol–water partition coefficient (Wildman–Crippen LogP) is 4.25. The summed E-state index contributed by atoms with van der Waals surface area (Å²) >= 11 is 5.57. The molecule has 0 fully saturated rings. The molecule has 0 unspecified atom stereocenters. The summed E-state index contributed by atoms with van der Waals surface area (Å²) in [6.45, 7) is 0.0640. The van der Waals surface area contributed by atoms with Crippen LogP contribution in [0.25, 0.3) is 0 Å². The maximum atomic E-state index is 12.9. The molecule has 0 amide bonds. The van der Waals surface area contributed by atoms with Crippen LogP contribution < -0.4 is 5.32 Å². The number of nitrogens with one attached hydrogen (secondary N) is 2. The molecule has 20 heavy (non-hydrogen) atoms. The van der Waals surface area contributed by atoms with E-state index >= 15 is 0 Å². The van der Waals surface area contributed by atoms with Crippen molar-refractivity contribution in [1.82, 2.24) is 10.2 Å². The third-order valence-electron chi connectivity index (χ3n) is 2.33. The van der Waals surface area contributed by atoms with Crippen molar-refractivity contribution in [2.75, 3.05) is 5.32 Å². The summed E-state index contributed by atoms with van der Waals surface area (Å²) in [7, 11) is 0. The minimum absolute atomic E-state index is 0. The van der Waals surface area contributed by atoms with Crippen LogP contribution in [0.4, 0.5) is 23.2 Å². The number of halogens is 6. The van der Waals surface area contributed by atoms with Gasteiger partial charge in [0.05, 0.1) is 17.3 Å². The number of alkyl halides is 3. The lowest BCUT2D eigenvalue weighted by molar-refractivity contribution is -0.141. The third kappa shape index (κ3) is 4.01. The molecular weight excluding hydrogens is 321 g/mol. The number of benzene rings is 1. The standard InChI is InChI=1S/C11H8ClF4N3.ClH/c12-8-3-6(1-2-9(8)13)17-5-7-4-10(19-18-7)11(14,15)16;/h1-4,17H,5H2,(H,18,19);1H. The van der Waals surface area contributed by atoms with Crippen LogP contribution in [-0.4, -0.2) is 10.2 Å².